The molecule has 4 heteroatoms. The molecule has 2 N–H and O–H groups in total. The zero-order valence-corrected chi connectivity index (χ0v) is 6.71. The molecule has 1 rings (SSSR count). The van der Waals surface area contributed by atoms with Gasteiger partial charge in [0.2, 0.25) is 5.91 Å². The van der Waals surface area contributed by atoms with E-state index in [4.69, 9.17) is 5.11 Å². The van der Waals surface area contributed by atoms with E-state index in [-0.39, 0.29) is 18.6 Å². The van der Waals surface area contributed by atoms with Crippen molar-refractivity contribution in [1.29, 1.82) is 0 Å². The van der Waals surface area contributed by atoms with Crippen LogP contribution in [0, 0.1) is 0 Å². The van der Waals surface area contributed by atoms with E-state index in [1.165, 1.54) is 0 Å². The summed E-state index contributed by atoms with van der Waals surface area (Å²) in [6.45, 7) is 3.83. The lowest BCUT2D eigenvalue weighted by Crippen LogP contribution is -2.53. The van der Waals surface area contributed by atoms with Crippen LogP contribution in [-0.2, 0) is 4.79 Å². The van der Waals surface area contributed by atoms with Gasteiger partial charge in [-0.05, 0) is 0 Å². The van der Waals surface area contributed by atoms with E-state index in [1.807, 2.05) is 0 Å². The predicted octanol–water partition coefficient (Wildman–Crippen LogP) is -1.20. The molecular weight excluding hydrogens is 144 g/mol. The van der Waals surface area contributed by atoms with E-state index >= 15 is 0 Å². The van der Waals surface area contributed by atoms with E-state index in [0.29, 0.717) is 6.54 Å². The zero-order valence-electron chi connectivity index (χ0n) is 6.71. The van der Waals surface area contributed by atoms with Crippen LogP contribution >= 0.6 is 0 Å². The van der Waals surface area contributed by atoms with Crippen molar-refractivity contribution in [2.45, 2.75) is 13.0 Å². The smallest absolute Gasteiger partial charge is 0.219 e. The van der Waals surface area contributed by atoms with Gasteiger partial charge in [-0.1, -0.05) is 0 Å². The second-order valence-corrected chi connectivity index (χ2v) is 2.80. The van der Waals surface area contributed by atoms with E-state index < -0.39 is 0 Å². The molecule has 0 aromatic carbocycles. The van der Waals surface area contributed by atoms with Gasteiger partial charge in [-0.2, -0.15) is 0 Å². The Kier molecular flexibility index (Phi) is 2.84. The number of carbonyl (C=O) groups excluding carboxylic acids is 1. The molecule has 0 aromatic heterocycles. The number of rotatable bonds is 1. The van der Waals surface area contributed by atoms with Crippen LogP contribution in [0.3, 0.4) is 0 Å². The van der Waals surface area contributed by atoms with Crippen LogP contribution in [0.4, 0.5) is 0 Å². The maximum absolute atomic E-state index is 10.9. The molecule has 0 radical (unpaired) electrons. The van der Waals surface area contributed by atoms with E-state index in [9.17, 15) is 4.79 Å². The van der Waals surface area contributed by atoms with Crippen LogP contribution in [0.25, 0.3) is 0 Å². The third kappa shape index (κ3) is 2.17. The minimum absolute atomic E-state index is 0.0626. The normalized spacial score (nSPS) is 25.3. The average Bonchev–Trinajstić information content (AvgIpc) is 2.05. The third-order valence-electron chi connectivity index (χ3n) is 1.92. The van der Waals surface area contributed by atoms with Gasteiger partial charge in [0, 0.05) is 32.6 Å². The van der Waals surface area contributed by atoms with Crippen LogP contribution in [0.15, 0.2) is 0 Å². The Morgan fingerprint density at radius 3 is 3.09 bits per heavy atom. The highest BCUT2D eigenvalue weighted by atomic mass is 16.3. The number of hydrogen-bond acceptors (Lipinski definition) is 3. The molecule has 0 aromatic rings. The molecule has 0 aliphatic carbocycles. The molecule has 11 heavy (non-hydrogen) atoms. The molecule has 1 aliphatic heterocycles. The van der Waals surface area contributed by atoms with Gasteiger partial charge in [0.05, 0.1) is 6.61 Å². The lowest BCUT2D eigenvalue weighted by Gasteiger charge is -2.31. The Labute approximate surface area is 66.2 Å². The molecular formula is C7H14N2O2. The molecule has 64 valence electrons. The second kappa shape index (κ2) is 3.69. The first-order chi connectivity index (χ1) is 5.24. The summed E-state index contributed by atoms with van der Waals surface area (Å²) in [5.41, 5.74) is 0. The van der Waals surface area contributed by atoms with Crippen molar-refractivity contribution in [3.05, 3.63) is 0 Å². The number of nitrogens with zero attached hydrogens (tertiary/aromatic N) is 1. The quantitative estimate of drug-likeness (QED) is 0.504. The summed E-state index contributed by atoms with van der Waals surface area (Å²) in [5, 5.41) is 11.9. The Balaban J connectivity index is 2.39. The first-order valence-corrected chi connectivity index (χ1v) is 3.84. The van der Waals surface area contributed by atoms with Crippen LogP contribution < -0.4 is 5.32 Å². The molecule has 0 bridgehead atoms. The Hall–Kier alpha value is -0.610. The van der Waals surface area contributed by atoms with Crippen molar-refractivity contribution < 1.29 is 9.90 Å². The molecule has 0 unspecified atom stereocenters. The molecule has 0 spiro atoms. The first-order valence-electron chi connectivity index (χ1n) is 3.84. The molecule has 0 saturated carbocycles. The zero-order chi connectivity index (χ0) is 8.27. The van der Waals surface area contributed by atoms with Crippen molar-refractivity contribution in [2.24, 2.45) is 0 Å². The fourth-order valence-electron chi connectivity index (χ4n) is 1.23. The molecule has 1 heterocycles. The van der Waals surface area contributed by atoms with Gasteiger partial charge < -0.3 is 15.3 Å². The highest BCUT2D eigenvalue weighted by Crippen LogP contribution is 1.98. The van der Waals surface area contributed by atoms with Crippen molar-refractivity contribution >= 4 is 5.91 Å². The Bertz CT molecular complexity index is 149. The highest BCUT2D eigenvalue weighted by Gasteiger charge is 2.19. The minimum Gasteiger partial charge on any atom is -0.395 e. The van der Waals surface area contributed by atoms with Gasteiger partial charge in [-0.3, -0.25) is 4.79 Å². The van der Waals surface area contributed by atoms with Crippen LogP contribution in [0.5, 0.6) is 0 Å². The molecule has 1 aliphatic rings. The average molecular weight is 158 g/mol. The Morgan fingerprint density at radius 2 is 2.55 bits per heavy atom. The summed E-state index contributed by atoms with van der Waals surface area (Å²) < 4.78 is 0. The monoisotopic (exact) mass is 158 g/mol. The highest BCUT2D eigenvalue weighted by molar-refractivity contribution is 5.73. The molecule has 1 fully saturated rings. The summed E-state index contributed by atoms with van der Waals surface area (Å²) in [7, 11) is 0. The molecule has 1 atom stereocenters. The van der Waals surface area contributed by atoms with Crippen molar-refractivity contribution in [3.63, 3.8) is 0 Å². The van der Waals surface area contributed by atoms with Gasteiger partial charge in [0.15, 0.2) is 0 Å². The van der Waals surface area contributed by atoms with Crippen LogP contribution in [0.2, 0.25) is 0 Å². The molecule has 4 nitrogen and oxygen atoms in total. The number of carbonyl (C=O) groups is 1. The minimum atomic E-state index is 0.0626. The first kappa shape index (κ1) is 8.49. The van der Waals surface area contributed by atoms with Crippen molar-refractivity contribution in [3.8, 4) is 0 Å². The summed E-state index contributed by atoms with van der Waals surface area (Å²) in [4.78, 5) is 12.6. The lowest BCUT2D eigenvalue weighted by molar-refractivity contribution is -0.130. The van der Waals surface area contributed by atoms with Gasteiger partial charge >= 0.3 is 0 Å². The van der Waals surface area contributed by atoms with E-state index in [0.717, 1.165) is 13.1 Å². The maximum atomic E-state index is 10.9. The summed E-state index contributed by atoms with van der Waals surface area (Å²) in [6, 6.07) is 0.0626. The standard InChI is InChI=1S/C7H14N2O2/c1-6(11)9-3-2-8-7(4-9)5-10/h7-8,10H,2-5H2,1H3/t7-/m0/s1. The number of aliphatic hydroxyl groups is 1. The Morgan fingerprint density at radius 1 is 1.82 bits per heavy atom. The fraction of sp³-hybridized carbons (Fsp3) is 0.857. The number of nitrogens with one attached hydrogen (secondary N) is 1. The van der Waals surface area contributed by atoms with Gasteiger partial charge in [-0.25, -0.2) is 0 Å². The maximum Gasteiger partial charge on any atom is 0.219 e. The van der Waals surface area contributed by atoms with Crippen LogP contribution in [-0.4, -0.2) is 48.2 Å². The summed E-state index contributed by atoms with van der Waals surface area (Å²) in [6.07, 6.45) is 0. The number of piperazine rings is 1. The summed E-state index contributed by atoms with van der Waals surface area (Å²) in [5.74, 6) is 0.0879. The number of hydrogen-bond donors (Lipinski definition) is 2. The van der Waals surface area contributed by atoms with Crippen LogP contribution in [0.1, 0.15) is 6.92 Å². The number of aliphatic hydroxyl groups excluding tert-OH is 1. The molecule has 1 saturated heterocycles. The van der Waals surface area contributed by atoms with Crippen molar-refractivity contribution in [1.82, 2.24) is 10.2 Å². The second-order valence-electron chi connectivity index (χ2n) is 2.80. The van der Waals surface area contributed by atoms with Gasteiger partial charge in [-0.15, -0.1) is 0 Å². The lowest BCUT2D eigenvalue weighted by atomic mass is 10.2. The third-order valence-corrected chi connectivity index (χ3v) is 1.92. The fourth-order valence-corrected chi connectivity index (χ4v) is 1.23. The predicted molar refractivity (Wildman–Crippen MR) is 41.1 cm³/mol. The SMILES string of the molecule is CC(=O)N1CCN[C@H](CO)C1. The number of amides is 1. The van der Waals surface area contributed by atoms with Gasteiger partial charge in [0.25, 0.3) is 0 Å². The van der Waals surface area contributed by atoms with E-state index in [1.54, 1.807) is 11.8 Å². The molecule has 1 amide bonds. The largest absolute Gasteiger partial charge is 0.395 e. The van der Waals surface area contributed by atoms with Gasteiger partial charge in [0.1, 0.15) is 0 Å². The van der Waals surface area contributed by atoms with Crippen molar-refractivity contribution in [2.75, 3.05) is 26.2 Å². The topological polar surface area (TPSA) is 52.6 Å². The van der Waals surface area contributed by atoms with E-state index in [2.05, 4.69) is 5.32 Å². The summed E-state index contributed by atoms with van der Waals surface area (Å²) >= 11 is 0.